The molecule has 1 aromatic carbocycles. The zero-order valence-corrected chi connectivity index (χ0v) is 12.4. The van der Waals surface area contributed by atoms with Crippen LogP contribution in [0.25, 0.3) is 0 Å². The molecule has 0 bridgehead atoms. The summed E-state index contributed by atoms with van der Waals surface area (Å²) in [5.74, 6) is -0.949. The molecule has 0 aliphatic rings. The zero-order valence-electron chi connectivity index (χ0n) is 12.4. The van der Waals surface area contributed by atoms with Gasteiger partial charge < -0.3 is 10.4 Å². The summed E-state index contributed by atoms with van der Waals surface area (Å²) in [7, 11) is 0. The second kappa shape index (κ2) is 6.52. The molecule has 110 valence electrons. The van der Waals surface area contributed by atoms with Gasteiger partial charge in [0.05, 0.1) is 6.54 Å². The highest BCUT2D eigenvalue weighted by Gasteiger charge is 2.23. The van der Waals surface area contributed by atoms with Gasteiger partial charge in [0.2, 0.25) is 5.91 Å². The van der Waals surface area contributed by atoms with Crippen LogP contribution in [-0.4, -0.2) is 34.0 Å². The second-order valence-electron chi connectivity index (χ2n) is 5.80. The van der Waals surface area contributed by atoms with Gasteiger partial charge in [-0.1, -0.05) is 12.1 Å². The molecule has 2 N–H and O–H groups in total. The Morgan fingerprint density at radius 1 is 1.20 bits per heavy atom. The van der Waals surface area contributed by atoms with Crippen molar-refractivity contribution in [3.8, 4) is 0 Å². The molecule has 0 unspecified atom stereocenters. The standard InChI is InChI=1S/C15H22N2O3/c1-11(18)16-13-7-5-12(6-8-13)9-17(10-14(19)20)15(2,3)4/h5-8H,9-10H2,1-4H3,(H,16,18)(H,19,20). The van der Waals surface area contributed by atoms with E-state index >= 15 is 0 Å². The average molecular weight is 278 g/mol. The number of carbonyl (C=O) groups excluding carboxylic acids is 1. The Bertz CT molecular complexity index is 475. The molecule has 0 saturated carbocycles. The van der Waals surface area contributed by atoms with Crippen molar-refractivity contribution in [2.45, 2.75) is 39.8 Å². The summed E-state index contributed by atoms with van der Waals surface area (Å²) in [4.78, 5) is 23.8. The minimum absolute atomic E-state index is 0.00303. The van der Waals surface area contributed by atoms with Gasteiger partial charge in [0.1, 0.15) is 0 Å². The number of carbonyl (C=O) groups is 2. The van der Waals surface area contributed by atoms with Gasteiger partial charge in [-0.25, -0.2) is 0 Å². The SMILES string of the molecule is CC(=O)Nc1ccc(CN(CC(=O)O)C(C)(C)C)cc1. The number of nitrogens with zero attached hydrogens (tertiary/aromatic N) is 1. The number of aliphatic carboxylic acids is 1. The van der Waals surface area contributed by atoms with Gasteiger partial charge >= 0.3 is 5.97 Å². The highest BCUT2D eigenvalue weighted by Crippen LogP contribution is 2.18. The lowest BCUT2D eigenvalue weighted by atomic mass is 10.0. The number of hydrogen-bond acceptors (Lipinski definition) is 3. The highest BCUT2D eigenvalue weighted by atomic mass is 16.4. The van der Waals surface area contributed by atoms with Crippen molar-refractivity contribution in [3.05, 3.63) is 29.8 Å². The van der Waals surface area contributed by atoms with Crippen LogP contribution in [0.2, 0.25) is 0 Å². The minimum atomic E-state index is -0.838. The third-order valence-corrected chi connectivity index (χ3v) is 2.92. The molecule has 1 amide bonds. The smallest absolute Gasteiger partial charge is 0.317 e. The Labute approximate surface area is 119 Å². The molecule has 0 aliphatic carbocycles. The number of nitrogens with one attached hydrogen (secondary N) is 1. The van der Waals surface area contributed by atoms with Crippen molar-refractivity contribution >= 4 is 17.6 Å². The Kier molecular flexibility index (Phi) is 5.27. The first-order chi connectivity index (χ1) is 9.18. The maximum Gasteiger partial charge on any atom is 0.317 e. The summed E-state index contributed by atoms with van der Waals surface area (Å²) >= 11 is 0. The molecule has 0 fully saturated rings. The van der Waals surface area contributed by atoms with E-state index < -0.39 is 5.97 Å². The quantitative estimate of drug-likeness (QED) is 0.867. The Hall–Kier alpha value is -1.88. The molecule has 0 heterocycles. The van der Waals surface area contributed by atoms with Gasteiger partial charge in [0, 0.05) is 24.7 Å². The molecule has 0 spiro atoms. The van der Waals surface area contributed by atoms with Gasteiger partial charge in [0.15, 0.2) is 0 Å². The van der Waals surface area contributed by atoms with E-state index in [0.29, 0.717) is 6.54 Å². The van der Waals surface area contributed by atoms with Crippen LogP contribution in [0.15, 0.2) is 24.3 Å². The molecule has 0 aromatic heterocycles. The molecule has 0 saturated heterocycles. The van der Waals surface area contributed by atoms with Crippen LogP contribution in [0.3, 0.4) is 0 Å². The largest absolute Gasteiger partial charge is 0.480 e. The summed E-state index contributed by atoms with van der Waals surface area (Å²) in [6, 6.07) is 7.43. The fourth-order valence-electron chi connectivity index (χ4n) is 1.81. The Balaban J connectivity index is 2.78. The first kappa shape index (κ1) is 16.2. The van der Waals surface area contributed by atoms with E-state index in [1.165, 1.54) is 6.92 Å². The summed E-state index contributed by atoms with van der Waals surface area (Å²) in [6.45, 7) is 7.97. The highest BCUT2D eigenvalue weighted by molar-refractivity contribution is 5.88. The number of benzene rings is 1. The van der Waals surface area contributed by atoms with E-state index in [1.807, 2.05) is 49.9 Å². The van der Waals surface area contributed by atoms with Gasteiger partial charge in [-0.15, -0.1) is 0 Å². The van der Waals surface area contributed by atoms with E-state index in [1.54, 1.807) is 0 Å². The Morgan fingerprint density at radius 2 is 1.75 bits per heavy atom. The molecule has 5 heteroatoms. The topological polar surface area (TPSA) is 69.6 Å². The van der Waals surface area contributed by atoms with Crippen molar-refractivity contribution in [2.75, 3.05) is 11.9 Å². The number of anilines is 1. The molecule has 20 heavy (non-hydrogen) atoms. The molecule has 0 atom stereocenters. The van der Waals surface area contributed by atoms with Crippen LogP contribution in [0.1, 0.15) is 33.3 Å². The summed E-state index contributed by atoms with van der Waals surface area (Å²) in [5.41, 5.74) is 1.52. The number of hydrogen-bond donors (Lipinski definition) is 2. The van der Waals surface area contributed by atoms with Crippen LogP contribution >= 0.6 is 0 Å². The molecular weight excluding hydrogens is 256 g/mol. The van der Waals surface area contributed by atoms with Gasteiger partial charge in [0.25, 0.3) is 0 Å². The molecule has 0 aliphatic heterocycles. The maximum absolute atomic E-state index is 10.9. The molecular formula is C15H22N2O3. The minimum Gasteiger partial charge on any atom is -0.480 e. The zero-order chi connectivity index (χ0) is 15.3. The fourth-order valence-corrected chi connectivity index (χ4v) is 1.81. The first-order valence-corrected chi connectivity index (χ1v) is 6.52. The maximum atomic E-state index is 10.9. The van der Waals surface area contributed by atoms with E-state index in [-0.39, 0.29) is 18.0 Å². The lowest BCUT2D eigenvalue weighted by Gasteiger charge is -2.34. The van der Waals surface area contributed by atoms with Crippen molar-refractivity contribution in [3.63, 3.8) is 0 Å². The van der Waals surface area contributed by atoms with Crippen molar-refractivity contribution in [1.29, 1.82) is 0 Å². The lowest BCUT2D eigenvalue weighted by molar-refractivity contribution is -0.140. The second-order valence-corrected chi connectivity index (χ2v) is 5.80. The molecule has 1 aromatic rings. The normalized spacial score (nSPS) is 11.4. The van der Waals surface area contributed by atoms with Gasteiger partial charge in [-0.2, -0.15) is 0 Å². The van der Waals surface area contributed by atoms with Crippen LogP contribution < -0.4 is 5.32 Å². The fraction of sp³-hybridized carbons (Fsp3) is 0.467. The van der Waals surface area contributed by atoms with Crippen LogP contribution in [-0.2, 0) is 16.1 Å². The van der Waals surface area contributed by atoms with Crippen LogP contribution in [0.4, 0.5) is 5.69 Å². The summed E-state index contributed by atoms with van der Waals surface area (Å²) in [5, 5.41) is 11.7. The number of carboxylic acid groups (broad SMARTS) is 1. The third kappa shape index (κ3) is 5.40. The van der Waals surface area contributed by atoms with E-state index in [0.717, 1.165) is 11.3 Å². The monoisotopic (exact) mass is 278 g/mol. The van der Waals surface area contributed by atoms with Crippen molar-refractivity contribution < 1.29 is 14.7 Å². The average Bonchev–Trinajstić information content (AvgIpc) is 2.28. The molecule has 1 rings (SSSR count). The summed E-state index contributed by atoms with van der Waals surface area (Å²) < 4.78 is 0. The predicted octanol–water partition coefficient (Wildman–Crippen LogP) is 2.33. The van der Waals surface area contributed by atoms with E-state index in [4.69, 9.17) is 5.11 Å². The number of rotatable bonds is 5. The predicted molar refractivity (Wildman–Crippen MR) is 78.5 cm³/mol. The molecule has 0 radical (unpaired) electrons. The van der Waals surface area contributed by atoms with Crippen molar-refractivity contribution in [1.82, 2.24) is 4.90 Å². The summed E-state index contributed by atoms with van der Waals surface area (Å²) in [6.07, 6.45) is 0. The van der Waals surface area contributed by atoms with E-state index in [2.05, 4.69) is 5.32 Å². The molecule has 5 nitrogen and oxygen atoms in total. The lowest BCUT2D eigenvalue weighted by Crippen LogP contribution is -2.43. The van der Waals surface area contributed by atoms with Crippen molar-refractivity contribution in [2.24, 2.45) is 0 Å². The van der Waals surface area contributed by atoms with Gasteiger partial charge in [-0.3, -0.25) is 14.5 Å². The third-order valence-electron chi connectivity index (χ3n) is 2.92. The van der Waals surface area contributed by atoms with Gasteiger partial charge in [-0.05, 0) is 38.5 Å². The van der Waals surface area contributed by atoms with E-state index in [9.17, 15) is 9.59 Å². The van der Waals surface area contributed by atoms with Crippen LogP contribution in [0.5, 0.6) is 0 Å². The first-order valence-electron chi connectivity index (χ1n) is 6.52. The Morgan fingerprint density at radius 3 is 2.15 bits per heavy atom. The van der Waals surface area contributed by atoms with Crippen LogP contribution in [0, 0.1) is 0 Å². The number of carboxylic acids is 1. The number of amides is 1.